The van der Waals surface area contributed by atoms with Gasteiger partial charge in [0.2, 0.25) is 0 Å². The summed E-state index contributed by atoms with van der Waals surface area (Å²) >= 11 is 5.85. The minimum Gasteiger partial charge on any atom is -0.295 e. The van der Waals surface area contributed by atoms with Gasteiger partial charge in [-0.3, -0.25) is 24.9 Å². The van der Waals surface area contributed by atoms with E-state index in [9.17, 15) is 9.59 Å². The van der Waals surface area contributed by atoms with Gasteiger partial charge in [-0.1, -0.05) is 32.4 Å². The van der Waals surface area contributed by atoms with E-state index in [4.69, 9.17) is 22.1 Å². The fourth-order valence-corrected chi connectivity index (χ4v) is 3.93. The van der Waals surface area contributed by atoms with Gasteiger partial charge >= 0.3 is 0 Å². The van der Waals surface area contributed by atoms with Crippen LogP contribution >= 0.6 is 11.6 Å². The van der Waals surface area contributed by atoms with Crippen molar-refractivity contribution < 1.29 is 0 Å². The number of rotatable bonds is 3. The van der Waals surface area contributed by atoms with E-state index in [0.717, 1.165) is 5.56 Å². The predicted molar refractivity (Wildman–Crippen MR) is 127 cm³/mol. The van der Waals surface area contributed by atoms with E-state index in [0.29, 0.717) is 40.0 Å². The van der Waals surface area contributed by atoms with E-state index in [1.54, 1.807) is 12.4 Å². The van der Waals surface area contributed by atoms with Gasteiger partial charge in [-0.05, 0) is 12.3 Å². The summed E-state index contributed by atoms with van der Waals surface area (Å²) in [7, 11) is 0. The van der Waals surface area contributed by atoms with E-state index in [2.05, 4.69) is 30.4 Å². The summed E-state index contributed by atoms with van der Waals surface area (Å²) in [5.74, 6) is 0.00522. The summed E-state index contributed by atoms with van der Waals surface area (Å²) in [5.41, 5.74) is 3.13. The Labute approximate surface area is 202 Å². The topological polar surface area (TPSA) is 177 Å². The van der Waals surface area contributed by atoms with Crippen molar-refractivity contribution in [2.75, 3.05) is 0 Å². The van der Waals surface area contributed by atoms with E-state index in [1.807, 2.05) is 32.9 Å². The molecular formula is C22H19ClN10O2. The molecule has 0 spiro atoms. The van der Waals surface area contributed by atoms with Crippen LogP contribution < -0.4 is 11.1 Å². The van der Waals surface area contributed by atoms with Crippen molar-refractivity contribution in [3.8, 4) is 23.4 Å². The highest BCUT2D eigenvalue weighted by molar-refractivity contribution is 6.30. The zero-order chi connectivity index (χ0) is 25.3. The van der Waals surface area contributed by atoms with Gasteiger partial charge in [-0.25, -0.2) is 14.5 Å². The first-order valence-corrected chi connectivity index (χ1v) is 10.9. The first-order chi connectivity index (χ1) is 16.8. The van der Waals surface area contributed by atoms with E-state index >= 15 is 0 Å². The lowest BCUT2D eigenvalue weighted by atomic mass is 10.00. The molecule has 0 aromatic carbocycles. The molecule has 0 fully saturated rings. The van der Waals surface area contributed by atoms with E-state index in [-0.39, 0.29) is 27.8 Å². The van der Waals surface area contributed by atoms with Crippen LogP contribution in [-0.2, 0) is 6.42 Å². The highest BCUT2D eigenvalue weighted by Gasteiger charge is 2.20. The fourth-order valence-electron chi connectivity index (χ4n) is 3.63. The highest BCUT2D eigenvalue weighted by atomic mass is 35.5. The second-order valence-electron chi connectivity index (χ2n) is 7.78. The third-order valence-electron chi connectivity index (χ3n) is 5.35. The number of hydrogen-bond acceptors (Lipinski definition) is 7. The van der Waals surface area contributed by atoms with Crippen LogP contribution in [0.25, 0.3) is 22.6 Å². The number of nitriles is 2. The zero-order valence-corrected chi connectivity index (χ0v) is 19.7. The molecule has 5 aromatic heterocycles. The molecule has 13 heteroatoms. The Morgan fingerprint density at radius 1 is 1.00 bits per heavy atom. The van der Waals surface area contributed by atoms with E-state index < -0.39 is 0 Å². The Morgan fingerprint density at radius 3 is 2.11 bits per heavy atom. The molecule has 35 heavy (non-hydrogen) atoms. The average molecular weight is 491 g/mol. The van der Waals surface area contributed by atoms with Crippen LogP contribution in [0.5, 0.6) is 0 Å². The first kappa shape index (κ1) is 23.5. The molecule has 5 rings (SSSR count). The van der Waals surface area contributed by atoms with Gasteiger partial charge in [-0.2, -0.15) is 20.1 Å². The Morgan fingerprint density at radius 2 is 1.60 bits per heavy atom. The molecule has 3 N–H and O–H groups in total. The lowest BCUT2D eigenvalue weighted by Crippen LogP contribution is -2.22. The molecule has 0 saturated carbocycles. The van der Waals surface area contributed by atoms with Crippen LogP contribution in [0, 0.1) is 22.7 Å². The van der Waals surface area contributed by atoms with E-state index in [1.165, 1.54) is 21.4 Å². The maximum atomic E-state index is 12.6. The van der Waals surface area contributed by atoms with Crippen molar-refractivity contribution in [2.45, 2.75) is 33.1 Å². The quantitative estimate of drug-likeness (QED) is 0.325. The fraction of sp³-hybridized carbons (Fsp3) is 0.227. The minimum atomic E-state index is -0.256. The van der Waals surface area contributed by atoms with Gasteiger partial charge in [0.1, 0.15) is 28.4 Å². The van der Waals surface area contributed by atoms with Crippen molar-refractivity contribution in [3.63, 3.8) is 0 Å². The summed E-state index contributed by atoms with van der Waals surface area (Å²) in [6.45, 7) is 5.69. The van der Waals surface area contributed by atoms with Gasteiger partial charge < -0.3 is 0 Å². The molecule has 176 valence electrons. The molecule has 0 amide bonds. The van der Waals surface area contributed by atoms with Gasteiger partial charge in [-0.15, -0.1) is 0 Å². The normalized spacial score (nSPS) is 10.8. The Kier molecular flexibility index (Phi) is 6.23. The second-order valence-corrected chi connectivity index (χ2v) is 8.13. The smallest absolute Gasteiger partial charge is 0.277 e. The maximum Gasteiger partial charge on any atom is 0.277 e. The molecule has 0 radical (unpaired) electrons. The molecular weight excluding hydrogens is 472 g/mol. The third-order valence-corrected chi connectivity index (χ3v) is 5.66. The highest BCUT2D eigenvalue weighted by Crippen LogP contribution is 2.25. The van der Waals surface area contributed by atoms with Gasteiger partial charge in [0.05, 0.1) is 17.5 Å². The Hall–Kier alpha value is -4.68. The molecule has 0 aliphatic rings. The van der Waals surface area contributed by atoms with Crippen molar-refractivity contribution >= 4 is 22.9 Å². The Balaban J connectivity index is 0.000000172. The second kappa shape index (κ2) is 9.29. The van der Waals surface area contributed by atoms with Crippen LogP contribution in [-0.4, -0.2) is 39.4 Å². The van der Waals surface area contributed by atoms with Gasteiger partial charge in [0.15, 0.2) is 11.3 Å². The van der Waals surface area contributed by atoms with Crippen LogP contribution in [0.4, 0.5) is 0 Å². The summed E-state index contributed by atoms with van der Waals surface area (Å²) in [6, 6.07) is 3.95. The standard InChI is InChI=1S/C13H12N6O.C9H7ClN4O/c1-7(2)10-11(9-4-15-16-5-9)18-12-8(3-14)6-17-19(12)13(10)20;1-2-6-7(10)13-8-5(3-11)4-12-14(8)9(6)15/h4-7,17H,1-2H3,(H,15,16);4,12H,2H2,1H3. The first-order valence-electron chi connectivity index (χ1n) is 10.5. The van der Waals surface area contributed by atoms with Crippen LogP contribution in [0.1, 0.15) is 48.9 Å². The number of fused-ring (bicyclic) bond motifs is 2. The summed E-state index contributed by atoms with van der Waals surface area (Å²) in [4.78, 5) is 32.9. The molecule has 0 aliphatic carbocycles. The van der Waals surface area contributed by atoms with Crippen molar-refractivity contribution in [2.24, 2.45) is 0 Å². The molecule has 12 nitrogen and oxygen atoms in total. The number of hydrogen-bond donors (Lipinski definition) is 3. The molecule has 0 atom stereocenters. The number of H-pyrrole nitrogens is 3. The summed E-state index contributed by atoms with van der Waals surface area (Å²) in [6.07, 6.45) is 6.71. The van der Waals surface area contributed by atoms with Crippen molar-refractivity contribution in [1.82, 2.24) is 39.4 Å². The molecule has 5 aromatic rings. The molecule has 5 heterocycles. The number of aromatic amines is 3. The van der Waals surface area contributed by atoms with Gasteiger partial charge in [0.25, 0.3) is 11.1 Å². The molecule has 0 bridgehead atoms. The van der Waals surface area contributed by atoms with Crippen LogP contribution in [0.2, 0.25) is 5.15 Å². The number of aromatic nitrogens is 8. The molecule has 0 aliphatic heterocycles. The number of nitrogens with zero attached hydrogens (tertiary/aromatic N) is 7. The lowest BCUT2D eigenvalue weighted by molar-refractivity contribution is 0.797. The average Bonchev–Trinajstić information content (AvgIpc) is 3.58. The SMILES string of the molecule is CC(C)c1c(-c2cn[nH]c2)nc2c(C#N)c[nH]n2c1=O.CCc1c(Cl)nc2c(C#N)c[nH]n2c1=O. The monoisotopic (exact) mass is 490 g/mol. The predicted octanol–water partition coefficient (Wildman–Crippen LogP) is 2.52. The minimum absolute atomic E-state index is 0.00522. The lowest BCUT2D eigenvalue weighted by Gasteiger charge is -2.10. The third kappa shape index (κ3) is 3.96. The zero-order valence-electron chi connectivity index (χ0n) is 18.9. The van der Waals surface area contributed by atoms with Crippen molar-refractivity contribution in [3.05, 3.63) is 72.9 Å². The number of nitrogens with one attached hydrogen (secondary N) is 3. The van der Waals surface area contributed by atoms with Crippen LogP contribution in [0.3, 0.4) is 0 Å². The van der Waals surface area contributed by atoms with Crippen LogP contribution in [0.15, 0.2) is 34.4 Å². The largest absolute Gasteiger partial charge is 0.295 e. The Bertz CT molecular complexity index is 1740. The summed E-state index contributed by atoms with van der Waals surface area (Å²) < 4.78 is 2.53. The molecule has 0 unspecified atom stereocenters. The maximum absolute atomic E-state index is 12.6. The van der Waals surface area contributed by atoms with Gasteiger partial charge in [0, 0.05) is 29.7 Å². The number of halogens is 1. The summed E-state index contributed by atoms with van der Waals surface area (Å²) in [5, 5.41) is 30.0. The van der Waals surface area contributed by atoms with Crippen molar-refractivity contribution in [1.29, 1.82) is 10.5 Å². The molecule has 0 saturated heterocycles.